The van der Waals surface area contributed by atoms with E-state index in [0.29, 0.717) is 18.3 Å². The van der Waals surface area contributed by atoms with Crippen LogP contribution in [0.15, 0.2) is 28.8 Å². The summed E-state index contributed by atoms with van der Waals surface area (Å²) in [4.78, 5) is 0. The van der Waals surface area contributed by atoms with Crippen molar-refractivity contribution in [1.82, 2.24) is 5.16 Å². The summed E-state index contributed by atoms with van der Waals surface area (Å²) >= 11 is 0. The maximum absolute atomic E-state index is 5.94. The van der Waals surface area contributed by atoms with E-state index in [0.717, 1.165) is 35.5 Å². The van der Waals surface area contributed by atoms with Gasteiger partial charge in [0.25, 0.3) is 0 Å². The first kappa shape index (κ1) is 14.4. The van der Waals surface area contributed by atoms with Crippen LogP contribution in [0, 0.1) is 5.92 Å². The number of aryl methyl sites for hydroxylation is 1. The molecule has 0 spiro atoms. The Morgan fingerprint density at radius 3 is 2.55 bits per heavy atom. The largest absolute Gasteiger partial charge is 0.494 e. The molecule has 2 aromatic rings. The van der Waals surface area contributed by atoms with Gasteiger partial charge in [0.2, 0.25) is 0 Å². The molecule has 108 valence electrons. The van der Waals surface area contributed by atoms with E-state index in [4.69, 9.17) is 15.0 Å². The smallest absolute Gasteiger partial charge is 0.175 e. The summed E-state index contributed by atoms with van der Waals surface area (Å²) in [5.41, 5.74) is 7.87. The van der Waals surface area contributed by atoms with E-state index >= 15 is 0 Å². The Kier molecular flexibility index (Phi) is 4.66. The molecule has 1 aromatic heterocycles. The molecule has 0 fully saturated rings. The summed E-state index contributed by atoms with van der Waals surface area (Å²) in [5.74, 6) is 2.79. The Balaban J connectivity index is 2.24. The average molecular weight is 274 g/mol. The number of nitrogen functional groups attached to an aromatic ring is 1. The minimum atomic E-state index is 0.452. The second-order valence-electron chi connectivity index (χ2n) is 5.26. The molecule has 20 heavy (non-hydrogen) atoms. The van der Waals surface area contributed by atoms with Gasteiger partial charge in [-0.2, -0.15) is 0 Å². The lowest BCUT2D eigenvalue weighted by Gasteiger charge is -2.06. The highest BCUT2D eigenvalue weighted by atomic mass is 16.5. The topological polar surface area (TPSA) is 61.3 Å². The molecule has 0 atom stereocenters. The van der Waals surface area contributed by atoms with Crippen LogP contribution >= 0.6 is 0 Å². The van der Waals surface area contributed by atoms with Crippen LogP contribution in [0.3, 0.4) is 0 Å². The molecule has 2 rings (SSSR count). The highest BCUT2D eigenvalue weighted by molar-refractivity contribution is 5.75. The Morgan fingerprint density at radius 2 is 1.95 bits per heavy atom. The standard InChI is InChI=1S/C16H22N2O2/c1-4-19-13-8-6-12(7-9-13)15-14(10-5-11(2)3)20-18-16(15)17/h6-9,11H,4-5,10H2,1-3H3,(H2,17,18). The Bertz CT molecular complexity index is 544. The summed E-state index contributed by atoms with van der Waals surface area (Å²) in [6.07, 6.45) is 1.91. The van der Waals surface area contributed by atoms with Crippen molar-refractivity contribution in [3.8, 4) is 16.9 Å². The number of anilines is 1. The first-order chi connectivity index (χ1) is 9.61. The summed E-state index contributed by atoms with van der Waals surface area (Å²) in [7, 11) is 0. The number of rotatable bonds is 6. The van der Waals surface area contributed by atoms with Gasteiger partial charge in [0.1, 0.15) is 11.5 Å². The number of aromatic nitrogens is 1. The number of benzene rings is 1. The third kappa shape index (κ3) is 3.32. The van der Waals surface area contributed by atoms with Gasteiger partial charge in [0.15, 0.2) is 5.82 Å². The maximum atomic E-state index is 5.94. The van der Waals surface area contributed by atoms with Crippen molar-refractivity contribution in [2.45, 2.75) is 33.6 Å². The van der Waals surface area contributed by atoms with Gasteiger partial charge < -0.3 is 15.0 Å². The molecule has 0 aliphatic rings. The zero-order valence-corrected chi connectivity index (χ0v) is 12.3. The summed E-state index contributed by atoms with van der Waals surface area (Å²) in [6, 6.07) is 7.87. The number of ether oxygens (including phenoxy) is 1. The molecule has 2 N–H and O–H groups in total. The molecule has 4 heteroatoms. The Hall–Kier alpha value is -1.97. The zero-order valence-electron chi connectivity index (χ0n) is 12.3. The first-order valence-corrected chi connectivity index (χ1v) is 7.09. The van der Waals surface area contributed by atoms with E-state index in [1.165, 1.54) is 0 Å². The number of nitrogens with two attached hydrogens (primary N) is 1. The van der Waals surface area contributed by atoms with Crippen molar-refractivity contribution in [3.63, 3.8) is 0 Å². The normalized spacial score (nSPS) is 11.0. The molecule has 0 aliphatic carbocycles. The number of hydrogen-bond donors (Lipinski definition) is 1. The van der Waals surface area contributed by atoms with Crippen molar-refractivity contribution in [1.29, 1.82) is 0 Å². The molecular formula is C16H22N2O2. The van der Waals surface area contributed by atoms with Crippen LogP contribution < -0.4 is 10.5 Å². The predicted molar refractivity (Wildman–Crippen MR) is 80.7 cm³/mol. The van der Waals surface area contributed by atoms with Gasteiger partial charge in [-0.05, 0) is 37.0 Å². The lowest BCUT2D eigenvalue weighted by atomic mass is 10.0. The number of hydrogen-bond acceptors (Lipinski definition) is 4. The molecule has 1 heterocycles. The third-order valence-electron chi connectivity index (χ3n) is 3.19. The number of nitrogens with zero attached hydrogens (tertiary/aromatic N) is 1. The summed E-state index contributed by atoms with van der Waals surface area (Å²) in [5, 5.41) is 3.90. The molecule has 0 bridgehead atoms. The average Bonchev–Trinajstić information content (AvgIpc) is 2.79. The first-order valence-electron chi connectivity index (χ1n) is 7.09. The fourth-order valence-electron chi connectivity index (χ4n) is 2.12. The summed E-state index contributed by atoms with van der Waals surface area (Å²) < 4.78 is 10.8. The van der Waals surface area contributed by atoms with Crippen molar-refractivity contribution < 1.29 is 9.26 Å². The van der Waals surface area contributed by atoms with E-state index in [2.05, 4.69) is 19.0 Å². The van der Waals surface area contributed by atoms with Crippen molar-refractivity contribution in [2.75, 3.05) is 12.3 Å². The predicted octanol–water partition coefficient (Wildman–Crippen LogP) is 3.91. The SMILES string of the molecule is CCOc1ccc(-c2c(N)noc2CCC(C)C)cc1. The monoisotopic (exact) mass is 274 g/mol. The van der Waals surface area contributed by atoms with Gasteiger partial charge in [-0.3, -0.25) is 0 Å². The molecule has 1 aromatic carbocycles. The maximum Gasteiger partial charge on any atom is 0.175 e. The van der Waals surface area contributed by atoms with Gasteiger partial charge in [-0.25, -0.2) is 0 Å². The van der Waals surface area contributed by atoms with E-state index in [1.54, 1.807) is 0 Å². The fraction of sp³-hybridized carbons (Fsp3) is 0.438. The molecule has 0 saturated heterocycles. The van der Waals surface area contributed by atoms with Gasteiger partial charge in [0.05, 0.1) is 12.2 Å². The minimum absolute atomic E-state index is 0.452. The second-order valence-corrected chi connectivity index (χ2v) is 5.26. The van der Waals surface area contributed by atoms with Crippen molar-refractivity contribution in [2.24, 2.45) is 5.92 Å². The molecule has 4 nitrogen and oxygen atoms in total. The molecule has 0 radical (unpaired) electrons. The van der Waals surface area contributed by atoms with Crippen molar-refractivity contribution >= 4 is 5.82 Å². The molecule has 0 unspecified atom stereocenters. The summed E-state index contributed by atoms with van der Waals surface area (Å²) in [6.45, 7) is 7.01. The lowest BCUT2D eigenvalue weighted by Crippen LogP contribution is -1.95. The van der Waals surface area contributed by atoms with Gasteiger partial charge in [-0.1, -0.05) is 31.1 Å². The zero-order chi connectivity index (χ0) is 14.5. The quantitative estimate of drug-likeness (QED) is 0.867. The van der Waals surface area contributed by atoms with E-state index < -0.39 is 0 Å². The van der Waals surface area contributed by atoms with Gasteiger partial charge in [-0.15, -0.1) is 0 Å². The second kappa shape index (κ2) is 6.46. The lowest BCUT2D eigenvalue weighted by molar-refractivity contribution is 0.340. The Labute approximate surface area is 119 Å². The third-order valence-corrected chi connectivity index (χ3v) is 3.19. The molecule has 0 amide bonds. The van der Waals surface area contributed by atoms with E-state index in [1.807, 2.05) is 31.2 Å². The van der Waals surface area contributed by atoms with Crippen LogP contribution in [-0.4, -0.2) is 11.8 Å². The Morgan fingerprint density at radius 1 is 1.25 bits per heavy atom. The van der Waals surface area contributed by atoms with Gasteiger partial charge >= 0.3 is 0 Å². The van der Waals surface area contributed by atoms with E-state index in [-0.39, 0.29) is 0 Å². The molecular weight excluding hydrogens is 252 g/mol. The molecule has 0 saturated carbocycles. The van der Waals surface area contributed by atoms with Crippen LogP contribution in [0.4, 0.5) is 5.82 Å². The minimum Gasteiger partial charge on any atom is -0.494 e. The van der Waals surface area contributed by atoms with Crippen LogP contribution in [-0.2, 0) is 6.42 Å². The highest BCUT2D eigenvalue weighted by Crippen LogP contribution is 2.32. The van der Waals surface area contributed by atoms with Gasteiger partial charge in [0, 0.05) is 6.42 Å². The molecule has 0 aliphatic heterocycles. The van der Waals surface area contributed by atoms with Crippen LogP contribution in [0.2, 0.25) is 0 Å². The fourth-order valence-corrected chi connectivity index (χ4v) is 2.12. The van der Waals surface area contributed by atoms with Crippen molar-refractivity contribution in [3.05, 3.63) is 30.0 Å². The van der Waals surface area contributed by atoms with Crippen LogP contribution in [0.1, 0.15) is 33.0 Å². The van der Waals surface area contributed by atoms with Crippen LogP contribution in [0.5, 0.6) is 5.75 Å². The highest BCUT2D eigenvalue weighted by Gasteiger charge is 2.16. The van der Waals surface area contributed by atoms with Crippen LogP contribution in [0.25, 0.3) is 11.1 Å². The van der Waals surface area contributed by atoms with E-state index in [9.17, 15) is 0 Å².